The van der Waals surface area contributed by atoms with E-state index in [1.165, 1.54) is 18.0 Å². The molecule has 0 radical (unpaired) electrons. The van der Waals surface area contributed by atoms with Crippen molar-refractivity contribution in [2.45, 2.75) is 49.1 Å². The Labute approximate surface area is 119 Å². The zero-order valence-corrected chi connectivity index (χ0v) is 11.6. The van der Waals surface area contributed by atoms with Crippen LogP contribution in [0.15, 0.2) is 12.2 Å². The Morgan fingerprint density at radius 2 is 2.05 bits per heavy atom. The van der Waals surface area contributed by atoms with Crippen LogP contribution in [0.2, 0.25) is 0 Å². The molecular weight excluding hydrogens is 295 g/mol. The Balaban J connectivity index is 1.72. The Bertz CT molecular complexity index is 340. The van der Waals surface area contributed by atoms with E-state index in [-0.39, 0.29) is 11.3 Å². The summed E-state index contributed by atoms with van der Waals surface area (Å²) < 4.78 is 48.5. The molecule has 2 N–H and O–H groups in total. The van der Waals surface area contributed by atoms with Gasteiger partial charge in [-0.25, -0.2) is 0 Å². The molecule has 0 spiro atoms. The summed E-state index contributed by atoms with van der Waals surface area (Å²) in [5.74, 6) is 0. The van der Waals surface area contributed by atoms with Gasteiger partial charge >= 0.3 is 6.36 Å². The molecule has 2 aliphatic rings. The third-order valence-electron chi connectivity index (χ3n) is 3.25. The van der Waals surface area contributed by atoms with Gasteiger partial charge < -0.3 is 9.84 Å². The average Bonchev–Trinajstić information content (AvgIpc) is 2.38. The van der Waals surface area contributed by atoms with E-state index in [0.717, 1.165) is 0 Å². The Kier molecular flexibility index (Phi) is 5.74. The third-order valence-corrected chi connectivity index (χ3v) is 4.39. The molecule has 116 valence electrons. The highest BCUT2D eigenvalue weighted by molar-refractivity contribution is 7.98. The number of aliphatic hydroxyl groups is 1. The maximum Gasteiger partial charge on any atom is 0.523 e. The zero-order chi connectivity index (χ0) is 14.6. The van der Waals surface area contributed by atoms with Crippen LogP contribution in [-0.4, -0.2) is 48.2 Å². The molecule has 3 unspecified atom stereocenters. The summed E-state index contributed by atoms with van der Waals surface area (Å²) >= 11 is 1.41. The normalized spacial score (nSPS) is 35.2. The van der Waals surface area contributed by atoms with Crippen molar-refractivity contribution in [2.24, 2.45) is 0 Å². The summed E-state index contributed by atoms with van der Waals surface area (Å²) in [7, 11) is 0. The van der Waals surface area contributed by atoms with E-state index in [2.05, 4.69) is 9.46 Å². The first-order valence-corrected chi connectivity index (χ1v) is 7.42. The van der Waals surface area contributed by atoms with Gasteiger partial charge in [-0.15, -0.1) is 13.2 Å². The fraction of sp³-hybridized carbons (Fsp3) is 0.833. The highest BCUT2D eigenvalue weighted by Crippen LogP contribution is 2.28. The molecule has 0 bridgehead atoms. The van der Waals surface area contributed by atoms with Crippen LogP contribution in [0.4, 0.5) is 13.2 Å². The summed E-state index contributed by atoms with van der Waals surface area (Å²) in [5, 5.41) is 9.83. The van der Waals surface area contributed by atoms with Crippen molar-refractivity contribution < 1.29 is 27.8 Å². The van der Waals surface area contributed by atoms with E-state index in [4.69, 9.17) is 4.74 Å². The van der Waals surface area contributed by atoms with Gasteiger partial charge in [0.05, 0.1) is 24.9 Å². The highest BCUT2D eigenvalue weighted by atomic mass is 32.2. The molecule has 1 fully saturated rings. The van der Waals surface area contributed by atoms with Gasteiger partial charge in [-0.1, -0.05) is 24.1 Å². The molecule has 1 aliphatic heterocycles. The quantitative estimate of drug-likeness (QED) is 0.614. The number of alkyl halides is 3. The predicted octanol–water partition coefficient (Wildman–Crippen LogP) is 2.00. The lowest BCUT2D eigenvalue weighted by Gasteiger charge is -2.30. The van der Waals surface area contributed by atoms with E-state index in [1.807, 2.05) is 0 Å². The third kappa shape index (κ3) is 5.25. The zero-order valence-electron chi connectivity index (χ0n) is 10.8. The van der Waals surface area contributed by atoms with E-state index >= 15 is 0 Å². The van der Waals surface area contributed by atoms with Crippen molar-refractivity contribution in [3.8, 4) is 0 Å². The predicted molar refractivity (Wildman–Crippen MR) is 69.0 cm³/mol. The van der Waals surface area contributed by atoms with Gasteiger partial charge in [0.1, 0.15) is 0 Å². The number of hydrogen-bond acceptors (Lipinski definition) is 5. The van der Waals surface area contributed by atoms with Crippen molar-refractivity contribution in [2.75, 3.05) is 13.2 Å². The number of aliphatic hydroxyl groups excluding tert-OH is 1. The van der Waals surface area contributed by atoms with Crippen LogP contribution >= 0.6 is 11.9 Å². The van der Waals surface area contributed by atoms with E-state index in [0.29, 0.717) is 32.5 Å². The Morgan fingerprint density at radius 3 is 2.65 bits per heavy atom. The van der Waals surface area contributed by atoms with Crippen molar-refractivity contribution in [1.29, 1.82) is 0 Å². The maximum atomic E-state index is 12.1. The van der Waals surface area contributed by atoms with Gasteiger partial charge in [0.25, 0.3) is 0 Å². The molecule has 8 heteroatoms. The molecule has 4 atom stereocenters. The molecule has 0 amide bonds. The summed E-state index contributed by atoms with van der Waals surface area (Å²) in [6, 6.07) is -0.133. The Hall–Kier alpha value is -0.280. The molecule has 0 aromatic rings. The topological polar surface area (TPSA) is 50.7 Å². The lowest BCUT2D eigenvalue weighted by molar-refractivity contribution is -0.337. The molecule has 1 saturated heterocycles. The fourth-order valence-electron chi connectivity index (χ4n) is 2.15. The van der Waals surface area contributed by atoms with Crippen LogP contribution in [-0.2, 0) is 9.47 Å². The summed E-state index contributed by atoms with van der Waals surface area (Å²) in [4.78, 5) is 0. The van der Waals surface area contributed by atoms with Crippen molar-refractivity contribution in [3.05, 3.63) is 12.2 Å². The summed E-state index contributed by atoms with van der Waals surface area (Å²) in [5.41, 5.74) is 0. The number of hydrogen-bond donors (Lipinski definition) is 2. The second-order valence-electron chi connectivity index (χ2n) is 4.88. The minimum Gasteiger partial charge on any atom is -0.391 e. The lowest BCUT2D eigenvalue weighted by atomic mass is 10.1. The fourth-order valence-corrected chi connectivity index (χ4v) is 3.15. The second-order valence-corrected chi connectivity index (χ2v) is 5.95. The van der Waals surface area contributed by atoms with Crippen molar-refractivity contribution in [1.82, 2.24) is 4.72 Å². The van der Waals surface area contributed by atoms with Gasteiger partial charge in [0.2, 0.25) is 0 Å². The number of nitrogens with one attached hydrogen (secondary N) is 1. The van der Waals surface area contributed by atoms with E-state index in [9.17, 15) is 18.3 Å². The van der Waals surface area contributed by atoms with E-state index < -0.39 is 18.6 Å². The molecule has 4 nitrogen and oxygen atoms in total. The van der Waals surface area contributed by atoms with Crippen LogP contribution in [0.25, 0.3) is 0 Å². The Morgan fingerprint density at radius 1 is 1.25 bits per heavy atom. The van der Waals surface area contributed by atoms with E-state index in [1.54, 1.807) is 6.08 Å². The maximum absolute atomic E-state index is 12.1. The molecule has 2 rings (SSSR count). The largest absolute Gasteiger partial charge is 0.523 e. The van der Waals surface area contributed by atoms with Gasteiger partial charge in [-0.05, 0) is 19.3 Å². The molecule has 20 heavy (non-hydrogen) atoms. The molecule has 0 aromatic heterocycles. The SMILES string of the molecule is OC1CCOC[C@H]1NSC1C=CC(OC(F)(F)F)CC1. The standard InChI is InChI=1S/C12H18F3NO3S/c13-12(14,15)19-8-1-3-9(4-2-8)20-16-10-7-18-6-5-11(10)17/h1,3,8-11,16-17H,2,4-7H2/t8?,9?,10-,11?/m1/s1. The van der Waals surface area contributed by atoms with Crippen molar-refractivity contribution >= 4 is 11.9 Å². The second kappa shape index (κ2) is 7.13. The molecule has 0 saturated carbocycles. The highest BCUT2D eigenvalue weighted by Gasteiger charge is 2.34. The van der Waals surface area contributed by atoms with Gasteiger partial charge in [-0.2, -0.15) is 0 Å². The first-order chi connectivity index (χ1) is 9.44. The van der Waals surface area contributed by atoms with Crippen LogP contribution in [0.1, 0.15) is 19.3 Å². The average molecular weight is 313 g/mol. The van der Waals surface area contributed by atoms with Crippen LogP contribution in [0.3, 0.4) is 0 Å². The number of rotatable bonds is 4. The molecular formula is C12H18F3NO3S. The number of halogens is 3. The monoisotopic (exact) mass is 313 g/mol. The number of ether oxygens (including phenoxy) is 2. The smallest absolute Gasteiger partial charge is 0.391 e. The summed E-state index contributed by atoms with van der Waals surface area (Å²) in [6.07, 6.45) is -1.23. The van der Waals surface area contributed by atoms with Crippen LogP contribution < -0.4 is 4.72 Å². The first kappa shape index (κ1) is 16.1. The van der Waals surface area contributed by atoms with Crippen LogP contribution in [0, 0.1) is 0 Å². The summed E-state index contributed by atoms with van der Waals surface area (Å²) in [6.45, 7) is 1.01. The van der Waals surface area contributed by atoms with Gasteiger partial charge in [0.15, 0.2) is 0 Å². The van der Waals surface area contributed by atoms with Gasteiger partial charge in [0, 0.05) is 11.9 Å². The van der Waals surface area contributed by atoms with Gasteiger partial charge in [-0.3, -0.25) is 9.46 Å². The molecule has 0 aromatic carbocycles. The first-order valence-electron chi connectivity index (χ1n) is 6.54. The molecule has 1 aliphatic carbocycles. The van der Waals surface area contributed by atoms with Crippen molar-refractivity contribution in [3.63, 3.8) is 0 Å². The minimum absolute atomic E-state index is 0.0808. The van der Waals surface area contributed by atoms with Crippen LogP contribution in [0.5, 0.6) is 0 Å². The minimum atomic E-state index is -4.59. The molecule has 1 heterocycles. The lowest BCUT2D eigenvalue weighted by Crippen LogP contribution is -2.45.